The monoisotopic (exact) mass is 405 g/mol. The van der Waals surface area contributed by atoms with Gasteiger partial charge in [0.05, 0.1) is 12.0 Å². The molecule has 0 atom stereocenters. The normalized spacial score (nSPS) is 11.2. The molecule has 7 nitrogen and oxygen atoms in total. The van der Waals surface area contributed by atoms with E-state index in [1.807, 2.05) is 33.8 Å². The van der Waals surface area contributed by atoms with Crippen LogP contribution in [0.4, 0.5) is 0 Å². The molecule has 8 heteroatoms. The van der Waals surface area contributed by atoms with Crippen molar-refractivity contribution in [1.82, 2.24) is 0 Å². The number of hydrogen-bond acceptors (Lipinski definition) is 6. The number of primary sulfonamides is 1. The average Bonchev–Trinajstić information content (AvgIpc) is 2.62. The molecule has 2 N–H and O–H groups in total. The summed E-state index contributed by atoms with van der Waals surface area (Å²) in [6, 6.07) is 5.50. The molecule has 2 rings (SSSR count). The van der Waals surface area contributed by atoms with Gasteiger partial charge in [-0.2, -0.15) is 0 Å². The first-order chi connectivity index (χ1) is 13.0. The highest BCUT2D eigenvalue weighted by Crippen LogP contribution is 2.24. The van der Waals surface area contributed by atoms with Gasteiger partial charge >= 0.3 is 5.97 Å². The summed E-state index contributed by atoms with van der Waals surface area (Å²) in [5.41, 5.74) is 4.11. The first-order valence-electron chi connectivity index (χ1n) is 8.46. The van der Waals surface area contributed by atoms with Crippen molar-refractivity contribution in [3.63, 3.8) is 0 Å². The fraction of sp³-hybridized carbons (Fsp3) is 0.300. The molecule has 0 heterocycles. The summed E-state index contributed by atoms with van der Waals surface area (Å²) in [4.78, 5) is 24.8. The Bertz CT molecular complexity index is 1060. The Kier molecular flexibility index (Phi) is 6.26. The molecule has 0 aliphatic carbocycles. The number of nitrogens with two attached hydrogens (primary N) is 1. The number of methoxy groups -OCH3 is 1. The maximum absolute atomic E-state index is 12.6. The minimum Gasteiger partial charge on any atom is -0.496 e. The molecule has 0 aromatic heterocycles. The van der Waals surface area contributed by atoms with Gasteiger partial charge in [0, 0.05) is 5.56 Å². The Labute approximate surface area is 164 Å². The van der Waals surface area contributed by atoms with Crippen molar-refractivity contribution in [2.24, 2.45) is 5.14 Å². The maximum Gasteiger partial charge on any atom is 0.342 e. The van der Waals surface area contributed by atoms with Crippen LogP contribution in [0.25, 0.3) is 0 Å². The van der Waals surface area contributed by atoms with Gasteiger partial charge in [0.2, 0.25) is 15.8 Å². The van der Waals surface area contributed by atoms with Crippen molar-refractivity contribution in [3.8, 4) is 5.75 Å². The van der Waals surface area contributed by atoms with Crippen LogP contribution in [0.2, 0.25) is 0 Å². The van der Waals surface area contributed by atoms with E-state index < -0.39 is 22.6 Å². The van der Waals surface area contributed by atoms with Crippen molar-refractivity contribution in [1.29, 1.82) is 0 Å². The molecular formula is C20H23NO6S. The molecule has 2 aromatic rings. The molecule has 0 amide bonds. The van der Waals surface area contributed by atoms with Crippen molar-refractivity contribution < 1.29 is 27.5 Å². The predicted molar refractivity (Wildman–Crippen MR) is 104 cm³/mol. The fourth-order valence-corrected chi connectivity index (χ4v) is 3.56. The third-order valence-electron chi connectivity index (χ3n) is 4.69. The average molecular weight is 405 g/mol. The van der Waals surface area contributed by atoms with Crippen molar-refractivity contribution in [2.75, 3.05) is 13.7 Å². The first-order valence-corrected chi connectivity index (χ1v) is 10.0. The topological polar surface area (TPSA) is 113 Å². The van der Waals surface area contributed by atoms with Gasteiger partial charge in [-0.05, 0) is 68.1 Å². The fourth-order valence-electron chi connectivity index (χ4n) is 3.02. The number of ether oxygens (including phenoxy) is 2. The van der Waals surface area contributed by atoms with Crippen LogP contribution in [-0.2, 0) is 14.8 Å². The standard InChI is InChI=1S/C20H23NO6S/c1-11-8-12(2)19(14(4)13(11)3)17(22)10-27-20(23)16-9-15(28(21,24)25)6-7-18(16)26-5/h6-9H,10H2,1-5H3,(H2,21,24,25). The smallest absolute Gasteiger partial charge is 0.342 e. The molecule has 0 spiro atoms. The quantitative estimate of drug-likeness (QED) is 0.584. The van der Waals surface area contributed by atoms with E-state index in [-0.39, 0.29) is 22.0 Å². The molecule has 0 unspecified atom stereocenters. The Morgan fingerprint density at radius 1 is 1.00 bits per heavy atom. The lowest BCUT2D eigenvalue weighted by Gasteiger charge is -2.14. The van der Waals surface area contributed by atoms with Crippen molar-refractivity contribution in [3.05, 3.63) is 57.6 Å². The second-order valence-corrected chi connectivity index (χ2v) is 8.10. The van der Waals surface area contributed by atoms with Gasteiger partial charge in [0.1, 0.15) is 11.3 Å². The minimum absolute atomic E-state index is 0.114. The third kappa shape index (κ3) is 4.40. The van der Waals surface area contributed by atoms with E-state index in [1.54, 1.807) is 0 Å². The van der Waals surface area contributed by atoms with Crippen LogP contribution in [0.1, 0.15) is 43.0 Å². The Hall–Kier alpha value is -2.71. The Morgan fingerprint density at radius 3 is 2.21 bits per heavy atom. The lowest BCUT2D eigenvalue weighted by Crippen LogP contribution is -2.18. The lowest BCUT2D eigenvalue weighted by molar-refractivity contribution is 0.0471. The van der Waals surface area contributed by atoms with Crippen molar-refractivity contribution in [2.45, 2.75) is 32.6 Å². The zero-order valence-electron chi connectivity index (χ0n) is 16.5. The molecule has 28 heavy (non-hydrogen) atoms. The molecule has 0 aliphatic rings. The summed E-state index contributed by atoms with van der Waals surface area (Å²) in [6.45, 7) is 7.09. The Balaban J connectivity index is 2.28. The number of carbonyl (C=O) groups excluding carboxylic acids is 2. The largest absolute Gasteiger partial charge is 0.496 e. The van der Waals surface area contributed by atoms with E-state index in [4.69, 9.17) is 14.6 Å². The molecule has 0 saturated carbocycles. The van der Waals surface area contributed by atoms with Crippen LogP contribution < -0.4 is 9.88 Å². The summed E-state index contributed by atoms with van der Waals surface area (Å²) in [6.07, 6.45) is 0. The number of rotatable bonds is 6. The van der Waals surface area contributed by atoms with Crippen LogP contribution in [0.3, 0.4) is 0 Å². The predicted octanol–water partition coefficient (Wildman–Crippen LogP) is 2.62. The van der Waals surface area contributed by atoms with Gasteiger partial charge in [-0.1, -0.05) is 6.07 Å². The van der Waals surface area contributed by atoms with E-state index in [1.165, 1.54) is 19.2 Å². The third-order valence-corrected chi connectivity index (χ3v) is 5.60. The number of aryl methyl sites for hydroxylation is 2. The second-order valence-electron chi connectivity index (χ2n) is 6.54. The highest BCUT2D eigenvalue weighted by atomic mass is 32.2. The van der Waals surface area contributed by atoms with Gasteiger partial charge in [-0.15, -0.1) is 0 Å². The van der Waals surface area contributed by atoms with Crippen molar-refractivity contribution >= 4 is 21.8 Å². The van der Waals surface area contributed by atoms with Crippen LogP contribution in [0.15, 0.2) is 29.2 Å². The van der Waals surface area contributed by atoms with E-state index >= 15 is 0 Å². The molecule has 0 aliphatic heterocycles. The number of benzene rings is 2. The molecule has 0 fully saturated rings. The highest BCUT2D eigenvalue weighted by Gasteiger charge is 2.21. The van der Waals surface area contributed by atoms with Crippen LogP contribution in [-0.4, -0.2) is 33.9 Å². The van der Waals surface area contributed by atoms with E-state index in [0.717, 1.165) is 28.3 Å². The molecule has 2 aromatic carbocycles. The van der Waals surface area contributed by atoms with Crippen LogP contribution in [0, 0.1) is 27.7 Å². The van der Waals surface area contributed by atoms with Gasteiger partial charge < -0.3 is 9.47 Å². The summed E-state index contributed by atoms with van der Waals surface area (Å²) in [7, 11) is -2.68. The number of hydrogen-bond donors (Lipinski definition) is 1. The Morgan fingerprint density at radius 2 is 1.64 bits per heavy atom. The summed E-state index contributed by atoms with van der Waals surface area (Å²) >= 11 is 0. The number of Topliss-reactive ketones (excluding diaryl/α,β-unsaturated/α-hetero) is 1. The molecule has 0 saturated heterocycles. The molecule has 0 radical (unpaired) electrons. The molecule has 0 bridgehead atoms. The molecular weight excluding hydrogens is 382 g/mol. The van der Waals surface area contributed by atoms with Gasteiger partial charge in [0.25, 0.3) is 0 Å². The number of esters is 1. The number of sulfonamides is 1. The first kappa shape index (κ1) is 21.6. The van der Waals surface area contributed by atoms with Crippen LogP contribution >= 0.6 is 0 Å². The number of carbonyl (C=O) groups is 2. The van der Waals surface area contributed by atoms with Gasteiger partial charge in [0.15, 0.2) is 6.61 Å². The second kappa shape index (κ2) is 8.12. The SMILES string of the molecule is COc1ccc(S(N)(=O)=O)cc1C(=O)OCC(=O)c1c(C)cc(C)c(C)c1C. The summed E-state index contributed by atoms with van der Waals surface area (Å²) < 4.78 is 33.2. The highest BCUT2D eigenvalue weighted by molar-refractivity contribution is 7.89. The van der Waals surface area contributed by atoms with E-state index in [0.29, 0.717) is 5.56 Å². The maximum atomic E-state index is 12.6. The number of ketones is 1. The minimum atomic E-state index is -4.01. The zero-order chi connectivity index (χ0) is 21.2. The summed E-state index contributed by atoms with van der Waals surface area (Å²) in [5.74, 6) is -1.11. The van der Waals surface area contributed by atoms with E-state index in [9.17, 15) is 18.0 Å². The molecule has 150 valence electrons. The van der Waals surface area contributed by atoms with E-state index in [2.05, 4.69) is 0 Å². The van der Waals surface area contributed by atoms with Crippen LogP contribution in [0.5, 0.6) is 5.75 Å². The van der Waals surface area contributed by atoms with Gasteiger partial charge in [-0.3, -0.25) is 4.79 Å². The summed E-state index contributed by atoms with van der Waals surface area (Å²) in [5, 5.41) is 5.10. The van der Waals surface area contributed by atoms with Gasteiger partial charge in [-0.25, -0.2) is 18.4 Å². The lowest BCUT2D eigenvalue weighted by atomic mass is 9.92. The zero-order valence-corrected chi connectivity index (χ0v) is 17.3.